The van der Waals surface area contributed by atoms with Crippen LogP contribution in [0.1, 0.15) is 17.9 Å². The van der Waals surface area contributed by atoms with Crippen LogP contribution in [0.15, 0.2) is 16.5 Å². The third kappa shape index (κ3) is 6.29. The van der Waals surface area contributed by atoms with Gasteiger partial charge in [-0.15, -0.1) is 0 Å². The van der Waals surface area contributed by atoms with Gasteiger partial charge in [-0.25, -0.2) is 0 Å². The lowest BCUT2D eigenvalue weighted by atomic mass is 10.2. The Morgan fingerprint density at radius 2 is 2.10 bits per heavy atom. The summed E-state index contributed by atoms with van der Waals surface area (Å²) in [5, 5.41) is 0. The summed E-state index contributed by atoms with van der Waals surface area (Å²) in [5.74, 6) is 1.55. The molecule has 1 atom stereocenters. The zero-order valence-electron chi connectivity index (χ0n) is 13.5. The predicted octanol–water partition coefficient (Wildman–Crippen LogP) is 0.842. The van der Waals surface area contributed by atoms with E-state index in [4.69, 9.17) is 14.9 Å². The van der Waals surface area contributed by atoms with E-state index in [9.17, 15) is 4.79 Å². The minimum Gasteiger partial charge on any atom is -0.464 e. The molecule has 0 radical (unpaired) electrons. The van der Waals surface area contributed by atoms with Crippen molar-refractivity contribution >= 4 is 5.91 Å². The maximum Gasteiger partial charge on any atom is 0.240 e. The number of likely N-dealkylation sites (N-methyl/N-ethyl adjacent to an activating group) is 1. The molecule has 2 N–H and O–H groups in total. The summed E-state index contributed by atoms with van der Waals surface area (Å²) in [6, 6.07) is 3.25. The topological polar surface area (TPSA) is 71.9 Å². The van der Waals surface area contributed by atoms with Crippen molar-refractivity contribution in [3.05, 3.63) is 23.7 Å². The average Bonchev–Trinajstić information content (AvgIpc) is 2.85. The van der Waals surface area contributed by atoms with Crippen LogP contribution in [-0.2, 0) is 16.1 Å². The van der Waals surface area contributed by atoms with Gasteiger partial charge in [0.05, 0.1) is 12.6 Å². The van der Waals surface area contributed by atoms with Crippen LogP contribution >= 0.6 is 0 Å². The van der Waals surface area contributed by atoms with Crippen LogP contribution in [0.4, 0.5) is 0 Å². The number of nitrogens with two attached hydrogens (primary N) is 1. The van der Waals surface area contributed by atoms with Crippen molar-refractivity contribution in [1.29, 1.82) is 0 Å². The van der Waals surface area contributed by atoms with E-state index in [0.29, 0.717) is 26.1 Å². The van der Waals surface area contributed by atoms with Gasteiger partial charge in [0.25, 0.3) is 0 Å². The molecule has 6 nitrogen and oxygen atoms in total. The van der Waals surface area contributed by atoms with Gasteiger partial charge in [0, 0.05) is 26.8 Å². The van der Waals surface area contributed by atoms with Crippen LogP contribution in [0.2, 0.25) is 0 Å². The Labute approximate surface area is 126 Å². The second-order valence-corrected chi connectivity index (χ2v) is 5.46. The van der Waals surface area contributed by atoms with Crippen molar-refractivity contribution in [3.63, 3.8) is 0 Å². The zero-order valence-corrected chi connectivity index (χ0v) is 13.5. The quantitative estimate of drug-likeness (QED) is 0.731. The molecule has 0 fully saturated rings. The highest BCUT2D eigenvalue weighted by Gasteiger charge is 2.22. The summed E-state index contributed by atoms with van der Waals surface area (Å²) < 4.78 is 10.5. The SMILES string of the molecule is COCCC(N)C(=O)N(CCN(C)C)Cc1ccc(C)o1. The van der Waals surface area contributed by atoms with Gasteiger partial charge in [0.15, 0.2) is 0 Å². The highest BCUT2D eigenvalue weighted by atomic mass is 16.5. The van der Waals surface area contributed by atoms with E-state index in [0.717, 1.165) is 18.1 Å². The number of carbonyl (C=O) groups excluding carboxylic acids is 1. The fraction of sp³-hybridized carbons (Fsp3) is 0.667. The summed E-state index contributed by atoms with van der Waals surface area (Å²) >= 11 is 0. The second-order valence-electron chi connectivity index (χ2n) is 5.46. The number of rotatable bonds is 9. The highest BCUT2D eigenvalue weighted by Crippen LogP contribution is 2.11. The second kappa shape index (κ2) is 8.81. The van der Waals surface area contributed by atoms with Crippen LogP contribution in [-0.4, -0.2) is 62.7 Å². The number of nitrogens with zero attached hydrogens (tertiary/aromatic N) is 2. The van der Waals surface area contributed by atoms with Crippen molar-refractivity contribution in [2.75, 3.05) is 40.9 Å². The number of hydrogen-bond donors (Lipinski definition) is 1. The van der Waals surface area contributed by atoms with Gasteiger partial charge in [-0.05, 0) is 39.6 Å². The first-order chi connectivity index (χ1) is 9.93. The first-order valence-electron chi connectivity index (χ1n) is 7.17. The van der Waals surface area contributed by atoms with Gasteiger partial charge in [-0.2, -0.15) is 0 Å². The zero-order chi connectivity index (χ0) is 15.8. The normalized spacial score (nSPS) is 12.7. The van der Waals surface area contributed by atoms with Gasteiger partial charge in [-0.3, -0.25) is 4.79 Å². The summed E-state index contributed by atoms with van der Waals surface area (Å²) in [6.45, 7) is 4.21. The molecular formula is C15H27N3O3. The molecule has 0 saturated heterocycles. The van der Waals surface area contributed by atoms with E-state index in [1.807, 2.05) is 38.1 Å². The number of carbonyl (C=O) groups is 1. The molecule has 0 aliphatic rings. The first-order valence-corrected chi connectivity index (χ1v) is 7.17. The Hall–Kier alpha value is -1.37. The van der Waals surface area contributed by atoms with E-state index < -0.39 is 6.04 Å². The predicted molar refractivity (Wildman–Crippen MR) is 81.9 cm³/mol. The Morgan fingerprint density at radius 3 is 2.62 bits per heavy atom. The van der Waals surface area contributed by atoms with Crippen molar-refractivity contribution in [2.24, 2.45) is 5.73 Å². The minimum absolute atomic E-state index is 0.0667. The highest BCUT2D eigenvalue weighted by molar-refractivity contribution is 5.81. The van der Waals surface area contributed by atoms with Crippen LogP contribution in [0.3, 0.4) is 0 Å². The summed E-state index contributed by atoms with van der Waals surface area (Å²) in [7, 11) is 5.56. The molecule has 0 bridgehead atoms. The van der Waals surface area contributed by atoms with Gasteiger partial charge in [0.2, 0.25) is 5.91 Å². The van der Waals surface area contributed by atoms with Crippen LogP contribution in [0.25, 0.3) is 0 Å². The molecule has 0 spiro atoms. The molecule has 0 aliphatic carbocycles. The van der Waals surface area contributed by atoms with Gasteiger partial charge >= 0.3 is 0 Å². The fourth-order valence-electron chi connectivity index (χ4n) is 1.95. The number of ether oxygens (including phenoxy) is 1. The largest absolute Gasteiger partial charge is 0.464 e. The number of amides is 1. The van der Waals surface area contributed by atoms with Crippen LogP contribution in [0, 0.1) is 6.92 Å². The van der Waals surface area contributed by atoms with Crippen LogP contribution < -0.4 is 5.73 Å². The molecule has 1 amide bonds. The Bertz CT molecular complexity index is 432. The maximum atomic E-state index is 12.5. The fourth-order valence-corrected chi connectivity index (χ4v) is 1.95. The molecule has 1 aromatic rings. The Morgan fingerprint density at radius 1 is 1.38 bits per heavy atom. The molecule has 0 saturated carbocycles. The van der Waals surface area contributed by atoms with Gasteiger partial charge < -0.3 is 24.7 Å². The molecule has 1 heterocycles. The lowest BCUT2D eigenvalue weighted by Crippen LogP contribution is -2.46. The number of methoxy groups -OCH3 is 1. The van der Waals surface area contributed by atoms with E-state index in [-0.39, 0.29) is 5.91 Å². The monoisotopic (exact) mass is 297 g/mol. The summed E-state index contributed by atoms with van der Waals surface area (Å²) in [4.78, 5) is 16.2. The van der Waals surface area contributed by atoms with E-state index in [1.165, 1.54) is 0 Å². The Kier molecular flexibility index (Phi) is 7.42. The third-order valence-corrected chi connectivity index (χ3v) is 3.22. The lowest BCUT2D eigenvalue weighted by Gasteiger charge is -2.26. The maximum absolute atomic E-state index is 12.5. The van der Waals surface area contributed by atoms with Crippen molar-refractivity contribution < 1.29 is 13.9 Å². The molecule has 1 aromatic heterocycles. The molecule has 1 unspecified atom stereocenters. The standard InChI is InChI=1S/C15H27N3O3/c1-12-5-6-13(21-12)11-18(9-8-17(2)3)15(19)14(16)7-10-20-4/h5-6,14H,7-11,16H2,1-4H3. The number of aryl methyl sites for hydroxylation is 1. The molecular weight excluding hydrogens is 270 g/mol. The molecule has 1 rings (SSSR count). The summed E-state index contributed by atoms with van der Waals surface area (Å²) in [6.07, 6.45) is 0.519. The van der Waals surface area contributed by atoms with E-state index in [1.54, 1.807) is 12.0 Å². The molecule has 0 aliphatic heterocycles. The molecule has 21 heavy (non-hydrogen) atoms. The van der Waals surface area contributed by atoms with Gasteiger partial charge in [-0.1, -0.05) is 0 Å². The van der Waals surface area contributed by atoms with E-state index >= 15 is 0 Å². The number of hydrogen-bond acceptors (Lipinski definition) is 5. The van der Waals surface area contributed by atoms with Crippen molar-refractivity contribution in [3.8, 4) is 0 Å². The summed E-state index contributed by atoms with van der Waals surface area (Å²) in [5.41, 5.74) is 5.95. The first kappa shape index (κ1) is 17.7. The smallest absolute Gasteiger partial charge is 0.240 e. The van der Waals surface area contributed by atoms with Gasteiger partial charge in [0.1, 0.15) is 11.5 Å². The van der Waals surface area contributed by atoms with E-state index in [2.05, 4.69) is 0 Å². The third-order valence-electron chi connectivity index (χ3n) is 3.22. The van der Waals surface area contributed by atoms with Crippen LogP contribution in [0.5, 0.6) is 0 Å². The van der Waals surface area contributed by atoms with Crippen molar-refractivity contribution in [1.82, 2.24) is 9.80 Å². The Balaban J connectivity index is 2.68. The average molecular weight is 297 g/mol. The molecule has 120 valence electrons. The lowest BCUT2D eigenvalue weighted by molar-refractivity contribution is -0.134. The molecule has 6 heteroatoms. The minimum atomic E-state index is -0.539. The van der Waals surface area contributed by atoms with Crippen molar-refractivity contribution in [2.45, 2.75) is 25.9 Å². The molecule has 0 aromatic carbocycles. The number of furan rings is 1.